The lowest BCUT2D eigenvalue weighted by molar-refractivity contribution is -0.114. The van der Waals surface area contributed by atoms with Crippen molar-refractivity contribution in [3.05, 3.63) is 71.5 Å². The van der Waals surface area contributed by atoms with E-state index in [-0.39, 0.29) is 34.0 Å². The third-order valence-electron chi connectivity index (χ3n) is 4.56. The Balaban J connectivity index is 2.00. The lowest BCUT2D eigenvalue weighted by Crippen LogP contribution is -2.24. The summed E-state index contributed by atoms with van der Waals surface area (Å²) in [6.45, 7) is 1.30. The lowest BCUT2D eigenvalue weighted by Gasteiger charge is -2.15. The first kappa shape index (κ1) is 22.6. The van der Waals surface area contributed by atoms with Gasteiger partial charge in [0, 0.05) is 36.5 Å². The van der Waals surface area contributed by atoms with Gasteiger partial charge in [-0.05, 0) is 42.0 Å². The molecule has 3 rings (SSSR count). The number of nitriles is 1. The van der Waals surface area contributed by atoms with E-state index in [1.165, 1.54) is 43.6 Å². The highest BCUT2D eigenvalue weighted by atomic mass is 16.4. The molecule has 0 saturated carbocycles. The van der Waals surface area contributed by atoms with Crippen LogP contribution in [0.4, 0.5) is 11.4 Å². The second-order valence-corrected chi connectivity index (χ2v) is 6.84. The number of phenols is 1. The van der Waals surface area contributed by atoms with Gasteiger partial charge in [-0.2, -0.15) is 5.26 Å². The Morgan fingerprint density at radius 3 is 2.30 bits per heavy atom. The molecule has 0 spiro atoms. The molecule has 0 radical (unpaired) electrons. The molecule has 0 atom stereocenters. The van der Waals surface area contributed by atoms with Gasteiger partial charge in [0.15, 0.2) is 0 Å². The Bertz CT molecular complexity index is 1330. The number of hydrogen-bond acceptors (Lipinski definition) is 7. The van der Waals surface area contributed by atoms with Crippen molar-refractivity contribution in [2.75, 3.05) is 10.6 Å². The lowest BCUT2D eigenvalue weighted by atomic mass is 9.98. The number of benzene rings is 2. The van der Waals surface area contributed by atoms with Gasteiger partial charge in [-0.1, -0.05) is 0 Å². The van der Waals surface area contributed by atoms with Crippen LogP contribution in [0.2, 0.25) is 0 Å². The first-order valence-corrected chi connectivity index (χ1v) is 9.44. The number of nitrogens with zero attached hydrogens (tertiary/aromatic N) is 2. The summed E-state index contributed by atoms with van der Waals surface area (Å²) in [5, 5.41) is 42.0. The van der Waals surface area contributed by atoms with Crippen molar-refractivity contribution in [2.24, 2.45) is 0 Å². The fraction of sp³-hybridized carbons (Fsp3) is 0.0435. The molecule has 0 bridgehead atoms. The molecule has 10 heteroatoms. The number of nitrogens with one attached hydrogen (secondary N) is 3. The second-order valence-electron chi connectivity index (χ2n) is 6.84. The molecule has 3 aromatic rings. The predicted molar refractivity (Wildman–Crippen MR) is 119 cm³/mol. The fourth-order valence-electron chi connectivity index (χ4n) is 3.06. The standard InChI is InChI=1S/C23H17N5O5/c1-12(29)27-19-10-20(30)17(9-15(19)14-4-6-26-7-5-14)21(25)22(31)28-18-3-2-13(11-24)8-16(18)23(32)33/h2-10,25,30H,1H3,(H,27,29)(H,28,31)(H,32,33). The molecule has 0 aliphatic carbocycles. The minimum atomic E-state index is -1.36. The van der Waals surface area contributed by atoms with Crippen molar-refractivity contribution >= 4 is 34.9 Å². The van der Waals surface area contributed by atoms with E-state index in [9.17, 15) is 24.6 Å². The summed E-state index contributed by atoms with van der Waals surface area (Å²) in [4.78, 5) is 39.7. The van der Waals surface area contributed by atoms with Crippen molar-refractivity contribution in [2.45, 2.75) is 6.92 Å². The quantitative estimate of drug-likeness (QED) is 0.364. The van der Waals surface area contributed by atoms with Crippen LogP contribution in [-0.4, -0.2) is 38.7 Å². The van der Waals surface area contributed by atoms with E-state index in [1.807, 2.05) is 6.07 Å². The molecule has 10 nitrogen and oxygen atoms in total. The van der Waals surface area contributed by atoms with Gasteiger partial charge >= 0.3 is 5.97 Å². The smallest absolute Gasteiger partial charge is 0.337 e. The zero-order valence-electron chi connectivity index (χ0n) is 17.2. The van der Waals surface area contributed by atoms with Gasteiger partial charge < -0.3 is 20.8 Å². The van der Waals surface area contributed by atoms with Crippen LogP contribution >= 0.6 is 0 Å². The molecule has 0 aliphatic heterocycles. The van der Waals surface area contributed by atoms with E-state index in [2.05, 4.69) is 15.6 Å². The van der Waals surface area contributed by atoms with Crippen molar-refractivity contribution in [1.29, 1.82) is 10.7 Å². The Morgan fingerprint density at radius 1 is 1.00 bits per heavy atom. The predicted octanol–water partition coefficient (Wildman–Crippen LogP) is 2.99. The molecule has 2 aromatic carbocycles. The second kappa shape index (κ2) is 9.40. The maximum absolute atomic E-state index is 12.7. The molecule has 0 saturated heterocycles. The average Bonchev–Trinajstić information content (AvgIpc) is 2.79. The van der Waals surface area contributed by atoms with E-state index in [1.54, 1.807) is 12.1 Å². The summed E-state index contributed by atoms with van der Waals surface area (Å²) < 4.78 is 0. The summed E-state index contributed by atoms with van der Waals surface area (Å²) in [7, 11) is 0. The number of carboxylic acid groups (broad SMARTS) is 1. The highest BCUT2D eigenvalue weighted by Gasteiger charge is 2.22. The number of aromatic nitrogens is 1. The van der Waals surface area contributed by atoms with Gasteiger partial charge in [-0.25, -0.2) is 4.79 Å². The molecule has 33 heavy (non-hydrogen) atoms. The zero-order valence-corrected chi connectivity index (χ0v) is 17.2. The van der Waals surface area contributed by atoms with E-state index in [0.29, 0.717) is 11.1 Å². The van der Waals surface area contributed by atoms with Crippen molar-refractivity contribution < 1.29 is 24.6 Å². The van der Waals surface area contributed by atoms with Crippen LogP contribution in [0.1, 0.15) is 28.4 Å². The largest absolute Gasteiger partial charge is 0.507 e. The maximum atomic E-state index is 12.7. The minimum absolute atomic E-state index is 0.0914. The summed E-state index contributed by atoms with van der Waals surface area (Å²) in [6, 6.07) is 11.4. The van der Waals surface area contributed by atoms with Gasteiger partial charge in [0.05, 0.1) is 28.6 Å². The minimum Gasteiger partial charge on any atom is -0.507 e. The van der Waals surface area contributed by atoms with E-state index < -0.39 is 23.3 Å². The summed E-state index contributed by atoms with van der Waals surface area (Å²) in [6.07, 6.45) is 3.05. The number of carbonyl (C=O) groups excluding carboxylic acids is 2. The Hall–Kier alpha value is -5.04. The number of aromatic carboxylic acids is 1. The van der Waals surface area contributed by atoms with E-state index in [0.717, 1.165) is 6.07 Å². The number of carbonyl (C=O) groups is 3. The monoisotopic (exact) mass is 443 g/mol. The number of pyridine rings is 1. The molecular formula is C23H17N5O5. The number of amides is 2. The van der Waals surface area contributed by atoms with E-state index in [4.69, 9.17) is 10.7 Å². The Morgan fingerprint density at radius 2 is 1.70 bits per heavy atom. The van der Waals surface area contributed by atoms with Crippen molar-refractivity contribution in [1.82, 2.24) is 4.98 Å². The maximum Gasteiger partial charge on any atom is 0.337 e. The fourth-order valence-corrected chi connectivity index (χ4v) is 3.06. The molecular weight excluding hydrogens is 426 g/mol. The topological polar surface area (TPSA) is 176 Å². The van der Waals surface area contributed by atoms with E-state index >= 15 is 0 Å². The summed E-state index contributed by atoms with van der Waals surface area (Å²) in [5.41, 5.74) is 0.192. The molecule has 0 fully saturated rings. The third kappa shape index (κ3) is 5.00. The van der Waals surface area contributed by atoms with Gasteiger partial charge in [0.1, 0.15) is 11.5 Å². The normalized spacial score (nSPS) is 10.1. The number of carboxylic acids is 1. The Labute approximate surface area is 187 Å². The van der Waals surface area contributed by atoms with Crippen LogP contribution in [0.3, 0.4) is 0 Å². The highest BCUT2D eigenvalue weighted by Crippen LogP contribution is 2.34. The number of phenolic OH excluding ortho intramolecular Hbond substituents is 1. The zero-order chi connectivity index (χ0) is 24.1. The Kier molecular flexibility index (Phi) is 6.45. The number of anilines is 2. The van der Waals surface area contributed by atoms with Gasteiger partial charge in [-0.15, -0.1) is 0 Å². The van der Waals surface area contributed by atoms with Gasteiger partial charge in [0.2, 0.25) is 5.91 Å². The summed E-state index contributed by atoms with van der Waals surface area (Å²) in [5.74, 6) is -3.16. The average molecular weight is 443 g/mol. The SMILES string of the molecule is CC(=O)Nc1cc(O)c(C(=N)C(=O)Nc2ccc(C#N)cc2C(=O)O)cc1-c1ccncc1. The molecule has 2 amide bonds. The van der Waals surface area contributed by atoms with Crippen molar-refractivity contribution in [3.63, 3.8) is 0 Å². The van der Waals surface area contributed by atoms with Crippen LogP contribution in [0.5, 0.6) is 5.75 Å². The molecule has 0 unspecified atom stereocenters. The van der Waals surface area contributed by atoms with Crippen LogP contribution in [0.15, 0.2) is 54.9 Å². The summed E-state index contributed by atoms with van der Waals surface area (Å²) >= 11 is 0. The van der Waals surface area contributed by atoms with Crippen LogP contribution in [0.25, 0.3) is 11.1 Å². The molecule has 1 aromatic heterocycles. The number of hydrogen-bond donors (Lipinski definition) is 5. The molecule has 0 aliphatic rings. The molecule has 5 N–H and O–H groups in total. The van der Waals surface area contributed by atoms with Crippen molar-refractivity contribution in [3.8, 4) is 22.9 Å². The number of aromatic hydroxyl groups is 1. The third-order valence-corrected chi connectivity index (χ3v) is 4.56. The van der Waals surface area contributed by atoms with Crippen LogP contribution in [0, 0.1) is 16.7 Å². The van der Waals surface area contributed by atoms with Crippen LogP contribution in [-0.2, 0) is 9.59 Å². The van der Waals surface area contributed by atoms with Gasteiger partial charge in [0.25, 0.3) is 5.91 Å². The first-order valence-electron chi connectivity index (χ1n) is 9.44. The first-order chi connectivity index (χ1) is 15.7. The molecule has 164 valence electrons. The highest BCUT2D eigenvalue weighted by molar-refractivity contribution is 6.48. The number of rotatable bonds is 6. The van der Waals surface area contributed by atoms with Crippen LogP contribution < -0.4 is 10.6 Å². The van der Waals surface area contributed by atoms with Gasteiger partial charge in [-0.3, -0.25) is 20.0 Å². The molecule has 1 heterocycles.